The van der Waals surface area contributed by atoms with Gasteiger partial charge in [-0.2, -0.15) is 0 Å². The zero-order valence-corrected chi connectivity index (χ0v) is 17.8. The average Bonchev–Trinajstić information content (AvgIpc) is 2.71. The summed E-state index contributed by atoms with van der Waals surface area (Å²) in [6, 6.07) is 12.9. The molecule has 2 atom stereocenters. The molecule has 146 valence electrons. The van der Waals surface area contributed by atoms with Crippen molar-refractivity contribution in [1.29, 1.82) is 0 Å². The van der Waals surface area contributed by atoms with E-state index in [4.69, 9.17) is 9.47 Å². The molecule has 0 fully saturated rings. The summed E-state index contributed by atoms with van der Waals surface area (Å²) in [6.45, 7) is 2.42. The van der Waals surface area contributed by atoms with Crippen LogP contribution in [0.1, 0.15) is 23.1 Å². The fourth-order valence-corrected chi connectivity index (χ4v) is 4.81. The normalized spacial score (nSPS) is 16.5. The van der Waals surface area contributed by atoms with Crippen LogP contribution in [0.25, 0.3) is 0 Å². The lowest BCUT2D eigenvalue weighted by Gasteiger charge is -2.20. The first kappa shape index (κ1) is 20.5. The van der Waals surface area contributed by atoms with Gasteiger partial charge in [-0.25, -0.2) is 0 Å². The Kier molecular flexibility index (Phi) is 7.59. The second-order valence-electron chi connectivity index (χ2n) is 6.91. The number of nitrogens with zero attached hydrogens (tertiary/aromatic N) is 1. The number of aliphatic imine (C=N–C) groups is 1. The lowest BCUT2D eigenvalue weighted by molar-refractivity contribution is 0.0511. The number of methoxy groups -OCH3 is 1. The molecule has 0 aromatic heterocycles. The molecule has 0 aliphatic heterocycles. The van der Waals surface area contributed by atoms with E-state index in [0.717, 1.165) is 18.6 Å². The third kappa shape index (κ3) is 5.19. The molecular formula is C24H28NO2P. The average molecular weight is 393 g/mol. The maximum Gasteiger partial charge on any atom is 0.188 e. The van der Waals surface area contributed by atoms with E-state index in [-0.39, 0.29) is 6.79 Å². The van der Waals surface area contributed by atoms with Crippen molar-refractivity contribution >= 4 is 25.4 Å². The fourth-order valence-electron chi connectivity index (χ4n) is 3.44. The predicted octanol–water partition coefficient (Wildman–Crippen LogP) is 4.33. The van der Waals surface area contributed by atoms with Crippen molar-refractivity contribution in [2.24, 2.45) is 10.9 Å². The highest BCUT2D eigenvalue weighted by Crippen LogP contribution is 2.29. The third-order valence-corrected chi connectivity index (χ3v) is 6.40. The maximum atomic E-state index is 6.08. The van der Waals surface area contributed by atoms with Gasteiger partial charge in [0, 0.05) is 31.2 Å². The van der Waals surface area contributed by atoms with Gasteiger partial charge >= 0.3 is 0 Å². The van der Waals surface area contributed by atoms with Gasteiger partial charge in [-0.1, -0.05) is 69.3 Å². The minimum Gasteiger partial charge on any atom is -0.467 e. The Hall–Kier alpha value is -2.22. The smallest absolute Gasteiger partial charge is 0.188 e. The van der Waals surface area contributed by atoms with Crippen LogP contribution in [0.15, 0.2) is 65.7 Å². The number of ether oxygens (including phenoxy) is 2. The first-order valence-electron chi connectivity index (χ1n) is 9.58. The van der Waals surface area contributed by atoms with Crippen molar-refractivity contribution in [3.05, 3.63) is 77.4 Å². The molecule has 0 radical (unpaired) electrons. The van der Waals surface area contributed by atoms with E-state index in [1.165, 1.54) is 27.3 Å². The molecule has 3 nitrogen and oxygen atoms in total. The molecule has 2 aromatic rings. The highest BCUT2D eigenvalue weighted by molar-refractivity contribution is 7.56. The van der Waals surface area contributed by atoms with E-state index in [1.807, 2.05) is 13.3 Å². The number of rotatable bonds is 8. The Bertz CT molecular complexity index is 886. The van der Waals surface area contributed by atoms with Crippen molar-refractivity contribution in [1.82, 2.24) is 0 Å². The van der Waals surface area contributed by atoms with E-state index in [0.29, 0.717) is 14.5 Å². The van der Waals surface area contributed by atoms with Crippen LogP contribution in [0.3, 0.4) is 0 Å². The lowest BCUT2D eigenvalue weighted by Crippen LogP contribution is -2.17. The number of allylic oxidation sites excluding steroid dienone is 4. The minimum atomic E-state index is 0.256. The van der Waals surface area contributed by atoms with Crippen LogP contribution in [0.2, 0.25) is 0 Å². The predicted molar refractivity (Wildman–Crippen MR) is 121 cm³/mol. The molecule has 28 heavy (non-hydrogen) atoms. The van der Waals surface area contributed by atoms with Crippen molar-refractivity contribution in [2.45, 2.75) is 19.8 Å². The van der Waals surface area contributed by atoms with Gasteiger partial charge in [0.2, 0.25) is 0 Å². The van der Waals surface area contributed by atoms with Gasteiger partial charge in [-0.3, -0.25) is 4.99 Å². The van der Waals surface area contributed by atoms with Crippen LogP contribution in [0.5, 0.6) is 5.75 Å². The largest absolute Gasteiger partial charge is 0.467 e. The van der Waals surface area contributed by atoms with Gasteiger partial charge in [0.05, 0.1) is 0 Å². The molecule has 4 heteroatoms. The van der Waals surface area contributed by atoms with Crippen molar-refractivity contribution in [2.75, 3.05) is 21.0 Å². The highest BCUT2D eigenvalue weighted by atomic mass is 31.1. The van der Waals surface area contributed by atoms with E-state index in [1.54, 1.807) is 7.11 Å². The molecule has 0 saturated carbocycles. The molecule has 0 N–H and O–H groups in total. The molecule has 0 spiro atoms. The quantitative estimate of drug-likeness (QED) is 0.380. The van der Waals surface area contributed by atoms with Crippen LogP contribution in [-0.4, -0.2) is 27.2 Å². The van der Waals surface area contributed by atoms with E-state index in [9.17, 15) is 0 Å². The van der Waals surface area contributed by atoms with E-state index >= 15 is 0 Å². The number of aryl methyl sites for hydroxylation is 1. The Morgan fingerprint density at radius 2 is 2.04 bits per heavy atom. The van der Waals surface area contributed by atoms with Gasteiger partial charge in [0.25, 0.3) is 0 Å². The Labute approximate surface area is 170 Å². The minimum absolute atomic E-state index is 0.256. The molecule has 0 saturated heterocycles. The third-order valence-electron chi connectivity index (χ3n) is 4.80. The summed E-state index contributed by atoms with van der Waals surface area (Å²) in [5, 5.41) is 2.53. The first-order valence-corrected chi connectivity index (χ1v) is 10.6. The van der Waals surface area contributed by atoms with E-state index in [2.05, 4.69) is 72.6 Å². The zero-order chi connectivity index (χ0) is 19.8. The fraction of sp³-hybridized carbons (Fsp3) is 0.292. The van der Waals surface area contributed by atoms with Crippen molar-refractivity contribution in [3.63, 3.8) is 0 Å². The standard InChI is InChI=1S/C24H28NO2P/c1-18-9-7-13-21(16-25-2)24(18)28-22-14-8-12-20(23(22)27-17-26-3)15-19-10-5-4-6-11-19/h4-10,12-14,16,19,28H,11,15,17H2,1-3H3. The summed E-state index contributed by atoms with van der Waals surface area (Å²) in [4.78, 5) is 4.23. The van der Waals surface area contributed by atoms with Crippen LogP contribution < -0.4 is 15.3 Å². The SMILES string of the molecule is CN=Cc1cccc(C)c1Pc1cccc(CC2C=CC=CC2)c1OCOC. The van der Waals surface area contributed by atoms with Crippen LogP contribution in [0.4, 0.5) is 0 Å². The maximum absolute atomic E-state index is 6.08. The molecule has 1 aliphatic rings. The van der Waals surface area contributed by atoms with Gasteiger partial charge < -0.3 is 9.47 Å². The lowest BCUT2D eigenvalue weighted by atomic mass is 9.93. The highest BCUT2D eigenvalue weighted by Gasteiger charge is 2.16. The molecule has 0 heterocycles. The summed E-state index contributed by atoms with van der Waals surface area (Å²) < 4.78 is 11.3. The number of hydrogen-bond donors (Lipinski definition) is 0. The molecule has 3 rings (SSSR count). The molecular weight excluding hydrogens is 365 g/mol. The topological polar surface area (TPSA) is 30.8 Å². The van der Waals surface area contributed by atoms with Crippen LogP contribution in [0, 0.1) is 12.8 Å². The molecule has 1 aliphatic carbocycles. The first-order chi connectivity index (χ1) is 13.7. The molecule has 2 aromatic carbocycles. The van der Waals surface area contributed by atoms with Gasteiger partial charge in [0.15, 0.2) is 6.79 Å². The van der Waals surface area contributed by atoms with Crippen LogP contribution in [-0.2, 0) is 11.2 Å². The molecule has 0 amide bonds. The second kappa shape index (κ2) is 10.4. The Morgan fingerprint density at radius 1 is 1.18 bits per heavy atom. The zero-order valence-electron chi connectivity index (χ0n) is 16.8. The number of hydrogen-bond acceptors (Lipinski definition) is 3. The van der Waals surface area contributed by atoms with Crippen LogP contribution >= 0.6 is 8.58 Å². The molecule has 0 bridgehead atoms. The monoisotopic (exact) mass is 393 g/mol. The number of para-hydroxylation sites is 1. The van der Waals surface area contributed by atoms with Crippen molar-refractivity contribution < 1.29 is 9.47 Å². The van der Waals surface area contributed by atoms with Gasteiger partial charge in [-0.05, 0) is 42.1 Å². The summed E-state index contributed by atoms with van der Waals surface area (Å²) in [7, 11) is 3.98. The Balaban J connectivity index is 1.95. The van der Waals surface area contributed by atoms with Gasteiger partial charge in [-0.15, -0.1) is 0 Å². The number of benzene rings is 2. The summed E-state index contributed by atoms with van der Waals surface area (Å²) in [5.41, 5.74) is 3.69. The summed E-state index contributed by atoms with van der Waals surface area (Å²) in [6.07, 6.45) is 12.7. The second-order valence-corrected chi connectivity index (χ2v) is 8.20. The molecule has 2 unspecified atom stereocenters. The van der Waals surface area contributed by atoms with E-state index < -0.39 is 0 Å². The summed E-state index contributed by atoms with van der Waals surface area (Å²) in [5.74, 6) is 1.48. The van der Waals surface area contributed by atoms with Crippen molar-refractivity contribution in [3.8, 4) is 5.75 Å². The Morgan fingerprint density at radius 3 is 2.79 bits per heavy atom. The van der Waals surface area contributed by atoms with Gasteiger partial charge in [0.1, 0.15) is 5.75 Å². The summed E-state index contributed by atoms with van der Waals surface area (Å²) >= 11 is 0.